The zero-order valence-electron chi connectivity index (χ0n) is 15.9. The van der Waals surface area contributed by atoms with Gasteiger partial charge in [-0.25, -0.2) is 0 Å². The maximum absolute atomic E-state index is 13.8. The number of carbonyl (C=O) groups excluding carboxylic acids is 1. The van der Waals surface area contributed by atoms with E-state index in [1.165, 1.54) is 12.1 Å². The number of halogens is 6. The average molecular weight is 419 g/mol. The standard InChI is InChI=1S/C20H19F6NO2/c1-4-27-18-14(10-29-12(3)28)17(20(24,25)26)16(19(21,22)23)11(2)15(18)13-8-6-5-7-9-13/h5-9,27H,4,10H2,1-3H3. The zero-order chi connectivity index (χ0) is 22.0. The summed E-state index contributed by atoms with van der Waals surface area (Å²) in [4.78, 5) is 11.2. The summed E-state index contributed by atoms with van der Waals surface area (Å²) >= 11 is 0. The van der Waals surface area contributed by atoms with E-state index in [0.29, 0.717) is 5.56 Å². The molecule has 0 spiro atoms. The quantitative estimate of drug-likeness (QED) is 0.464. The van der Waals surface area contributed by atoms with Crippen LogP contribution in [0.25, 0.3) is 11.1 Å². The van der Waals surface area contributed by atoms with E-state index < -0.39 is 47.2 Å². The molecule has 0 aliphatic carbocycles. The first-order valence-electron chi connectivity index (χ1n) is 8.66. The SMILES string of the molecule is CCNc1c(COC(C)=O)c(C(F)(F)F)c(C(F)(F)F)c(C)c1-c1ccccc1. The summed E-state index contributed by atoms with van der Waals surface area (Å²) in [5, 5.41) is 2.74. The molecule has 1 N–H and O–H groups in total. The molecule has 0 fully saturated rings. The molecule has 0 aliphatic rings. The number of hydrogen-bond acceptors (Lipinski definition) is 3. The molecule has 0 bridgehead atoms. The van der Waals surface area contributed by atoms with Gasteiger partial charge < -0.3 is 10.1 Å². The highest BCUT2D eigenvalue weighted by Crippen LogP contribution is 2.50. The lowest BCUT2D eigenvalue weighted by Crippen LogP contribution is -2.24. The van der Waals surface area contributed by atoms with Gasteiger partial charge in [-0.1, -0.05) is 30.3 Å². The fourth-order valence-electron chi connectivity index (χ4n) is 3.25. The highest BCUT2D eigenvalue weighted by atomic mass is 19.4. The summed E-state index contributed by atoms with van der Waals surface area (Å²) in [6, 6.07) is 7.79. The topological polar surface area (TPSA) is 38.3 Å². The van der Waals surface area contributed by atoms with Crippen LogP contribution in [0.15, 0.2) is 30.3 Å². The third-order valence-electron chi connectivity index (χ3n) is 4.26. The summed E-state index contributed by atoms with van der Waals surface area (Å²) < 4.78 is 87.6. The van der Waals surface area contributed by atoms with Crippen LogP contribution in [0.4, 0.5) is 32.0 Å². The van der Waals surface area contributed by atoms with Gasteiger partial charge in [0.15, 0.2) is 0 Å². The van der Waals surface area contributed by atoms with Crippen LogP contribution in [-0.2, 0) is 28.5 Å². The van der Waals surface area contributed by atoms with Gasteiger partial charge >= 0.3 is 18.3 Å². The fraction of sp³-hybridized carbons (Fsp3) is 0.350. The molecule has 158 valence electrons. The Hall–Kier alpha value is -2.71. The average Bonchev–Trinajstić information content (AvgIpc) is 2.59. The number of esters is 1. The number of ether oxygens (including phenoxy) is 1. The molecule has 0 heterocycles. The predicted octanol–water partition coefficient (Wildman–Crippen LogP) is 6.19. The van der Waals surface area contributed by atoms with Gasteiger partial charge in [0.25, 0.3) is 0 Å². The number of carbonyl (C=O) groups is 1. The monoisotopic (exact) mass is 419 g/mol. The molecule has 0 aliphatic heterocycles. The number of rotatable bonds is 5. The summed E-state index contributed by atoms with van der Waals surface area (Å²) in [7, 11) is 0. The van der Waals surface area contributed by atoms with Crippen molar-refractivity contribution in [3.05, 3.63) is 52.6 Å². The van der Waals surface area contributed by atoms with E-state index in [9.17, 15) is 31.1 Å². The number of hydrogen-bond donors (Lipinski definition) is 1. The van der Waals surface area contributed by atoms with Crippen molar-refractivity contribution < 1.29 is 35.9 Å². The molecule has 2 aromatic rings. The van der Waals surface area contributed by atoms with Crippen molar-refractivity contribution >= 4 is 11.7 Å². The Bertz CT molecular complexity index is 889. The fourth-order valence-corrected chi connectivity index (χ4v) is 3.25. The molecule has 3 nitrogen and oxygen atoms in total. The Balaban J connectivity index is 3.06. The van der Waals surface area contributed by atoms with Gasteiger partial charge in [0.1, 0.15) is 6.61 Å². The van der Waals surface area contributed by atoms with E-state index in [2.05, 4.69) is 5.32 Å². The minimum Gasteiger partial charge on any atom is -0.461 e. The lowest BCUT2D eigenvalue weighted by atomic mass is 9.86. The van der Waals surface area contributed by atoms with Crippen molar-refractivity contribution in [1.29, 1.82) is 0 Å². The molecule has 0 amide bonds. The van der Waals surface area contributed by atoms with Crippen LogP contribution < -0.4 is 5.32 Å². The largest absolute Gasteiger partial charge is 0.461 e. The van der Waals surface area contributed by atoms with E-state index >= 15 is 0 Å². The van der Waals surface area contributed by atoms with Crippen LogP contribution in [-0.4, -0.2) is 12.5 Å². The molecule has 0 radical (unpaired) electrons. The smallest absolute Gasteiger partial charge is 0.417 e. The van der Waals surface area contributed by atoms with Crippen LogP contribution >= 0.6 is 0 Å². The molecular weight excluding hydrogens is 400 g/mol. The zero-order valence-corrected chi connectivity index (χ0v) is 15.9. The van der Waals surface area contributed by atoms with Gasteiger partial charge in [0.2, 0.25) is 0 Å². The minimum absolute atomic E-state index is 0.0186. The highest BCUT2D eigenvalue weighted by Gasteiger charge is 2.48. The maximum Gasteiger partial charge on any atom is 0.417 e. The first-order chi connectivity index (χ1) is 13.4. The highest BCUT2D eigenvalue weighted by molar-refractivity contribution is 5.86. The minimum atomic E-state index is -5.31. The number of nitrogens with one attached hydrogen (secondary N) is 1. The third kappa shape index (κ3) is 4.83. The number of anilines is 1. The molecule has 0 saturated heterocycles. The molecule has 2 rings (SSSR count). The van der Waals surface area contributed by atoms with E-state index in [-0.39, 0.29) is 17.8 Å². The van der Waals surface area contributed by atoms with Crippen LogP contribution in [0, 0.1) is 6.92 Å². The molecule has 2 aromatic carbocycles. The van der Waals surface area contributed by atoms with Gasteiger partial charge in [-0.05, 0) is 25.0 Å². The van der Waals surface area contributed by atoms with E-state index in [1.807, 2.05) is 0 Å². The Morgan fingerprint density at radius 3 is 2.00 bits per heavy atom. The Morgan fingerprint density at radius 1 is 1.00 bits per heavy atom. The first kappa shape index (κ1) is 22.6. The summed E-state index contributed by atoms with van der Waals surface area (Å²) in [6.45, 7) is 2.78. The van der Waals surface area contributed by atoms with Crippen LogP contribution in [0.2, 0.25) is 0 Å². The molecule has 0 atom stereocenters. The van der Waals surface area contributed by atoms with Gasteiger partial charge in [-0.15, -0.1) is 0 Å². The van der Waals surface area contributed by atoms with Crippen molar-refractivity contribution in [1.82, 2.24) is 0 Å². The van der Waals surface area contributed by atoms with Gasteiger partial charge in [-0.2, -0.15) is 26.3 Å². The van der Waals surface area contributed by atoms with Crippen LogP contribution in [0.3, 0.4) is 0 Å². The maximum atomic E-state index is 13.8. The predicted molar refractivity (Wildman–Crippen MR) is 96.3 cm³/mol. The molecular formula is C20H19F6NO2. The Morgan fingerprint density at radius 2 is 1.55 bits per heavy atom. The van der Waals surface area contributed by atoms with E-state index in [0.717, 1.165) is 13.8 Å². The summed E-state index contributed by atoms with van der Waals surface area (Å²) in [5.41, 5.74) is -4.80. The summed E-state index contributed by atoms with van der Waals surface area (Å²) in [5.74, 6) is -0.907. The molecule has 9 heteroatoms. The van der Waals surface area contributed by atoms with Crippen molar-refractivity contribution in [2.24, 2.45) is 0 Å². The Kier molecular flexibility index (Phi) is 6.50. The molecule has 29 heavy (non-hydrogen) atoms. The lowest BCUT2D eigenvalue weighted by Gasteiger charge is -2.27. The lowest BCUT2D eigenvalue weighted by molar-refractivity contribution is -0.163. The normalized spacial score (nSPS) is 12.0. The second kappa shape index (κ2) is 8.34. The van der Waals surface area contributed by atoms with E-state index in [1.54, 1.807) is 25.1 Å². The van der Waals surface area contributed by atoms with Crippen molar-refractivity contribution in [2.75, 3.05) is 11.9 Å². The number of alkyl halides is 6. The number of benzene rings is 2. The third-order valence-corrected chi connectivity index (χ3v) is 4.26. The molecule has 0 aromatic heterocycles. The molecule has 0 saturated carbocycles. The van der Waals surface area contributed by atoms with Gasteiger partial charge in [0.05, 0.1) is 11.1 Å². The summed E-state index contributed by atoms with van der Waals surface area (Å²) in [6.07, 6.45) is -10.6. The second-order valence-corrected chi connectivity index (χ2v) is 6.28. The second-order valence-electron chi connectivity index (χ2n) is 6.28. The van der Waals surface area contributed by atoms with Crippen LogP contribution in [0.1, 0.15) is 36.1 Å². The van der Waals surface area contributed by atoms with E-state index in [4.69, 9.17) is 4.74 Å². The van der Waals surface area contributed by atoms with Gasteiger partial charge in [0, 0.05) is 30.3 Å². The van der Waals surface area contributed by atoms with Crippen molar-refractivity contribution in [3.8, 4) is 11.1 Å². The van der Waals surface area contributed by atoms with Crippen molar-refractivity contribution in [3.63, 3.8) is 0 Å². The van der Waals surface area contributed by atoms with Gasteiger partial charge in [-0.3, -0.25) is 4.79 Å². The Labute approximate surface area is 163 Å². The van der Waals surface area contributed by atoms with Crippen LogP contribution in [0.5, 0.6) is 0 Å². The molecule has 0 unspecified atom stereocenters. The van der Waals surface area contributed by atoms with Crippen molar-refractivity contribution in [2.45, 2.75) is 39.7 Å². The first-order valence-corrected chi connectivity index (χ1v) is 8.66.